The van der Waals surface area contributed by atoms with Gasteiger partial charge in [0, 0.05) is 24.7 Å². The number of rotatable bonds is 5. The van der Waals surface area contributed by atoms with E-state index in [0.29, 0.717) is 17.2 Å². The van der Waals surface area contributed by atoms with Gasteiger partial charge in [0.25, 0.3) is 0 Å². The van der Waals surface area contributed by atoms with E-state index in [0.717, 1.165) is 50.0 Å². The lowest BCUT2D eigenvalue weighted by atomic mass is 9.95. The van der Waals surface area contributed by atoms with Crippen molar-refractivity contribution in [2.24, 2.45) is 0 Å². The zero-order valence-corrected chi connectivity index (χ0v) is 16.5. The number of ether oxygens (including phenoxy) is 1. The normalized spacial score (nSPS) is 17.2. The van der Waals surface area contributed by atoms with Gasteiger partial charge in [-0.3, -0.25) is 4.90 Å². The van der Waals surface area contributed by atoms with Crippen LogP contribution in [0.25, 0.3) is 0 Å². The lowest BCUT2D eigenvalue weighted by Gasteiger charge is -2.32. The Labute approximate surface area is 168 Å². The second-order valence-corrected chi connectivity index (χ2v) is 7.19. The predicted octanol–water partition coefficient (Wildman–Crippen LogP) is 5.14. The molecular formula is C21H24ClF3N2O. The van der Waals surface area contributed by atoms with Crippen LogP contribution in [0.15, 0.2) is 42.5 Å². The van der Waals surface area contributed by atoms with Crippen LogP contribution in [0.2, 0.25) is 5.02 Å². The molecule has 0 aliphatic carbocycles. The van der Waals surface area contributed by atoms with E-state index in [1.54, 1.807) is 0 Å². The van der Waals surface area contributed by atoms with Gasteiger partial charge in [-0.2, -0.15) is 13.2 Å². The van der Waals surface area contributed by atoms with Gasteiger partial charge in [0.15, 0.2) is 0 Å². The highest BCUT2D eigenvalue weighted by molar-refractivity contribution is 6.31. The van der Waals surface area contributed by atoms with E-state index in [1.807, 2.05) is 31.2 Å². The second-order valence-electron chi connectivity index (χ2n) is 6.78. The summed E-state index contributed by atoms with van der Waals surface area (Å²) in [4.78, 5) is 2.19. The van der Waals surface area contributed by atoms with Crippen molar-refractivity contribution in [3.63, 3.8) is 0 Å². The van der Waals surface area contributed by atoms with Crippen LogP contribution in [-0.4, -0.2) is 37.7 Å². The van der Waals surface area contributed by atoms with E-state index in [9.17, 15) is 13.2 Å². The monoisotopic (exact) mass is 412 g/mol. The molecule has 3 rings (SSSR count). The Balaban J connectivity index is 2.05. The molecule has 1 aliphatic rings. The standard InChI is InChI=1S/C21H24ClF3N2O/c1-2-28-17-7-4-15(5-8-17)20(27-12-3-10-26-11-13-27)18-14-16(21(23,24)25)6-9-19(18)22/h4-9,14,20,26H,2-3,10-13H2,1H3. The lowest BCUT2D eigenvalue weighted by molar-refractivity contribution is -0.137. The first-order valence-electron chi connectivity index (χ1n) is 9.44. The molecule has 0 bridgehead atoms. The van der Waals surface area contributed by atoms with Crippen LogP contribution in [0.3, 0.4) is 0 Å². The van der Waals surface area contributed by atoms with Crippen molar-refractivity contribution in [3.8, 4) is 5.75 Å². The number of nitrogens with one attached hydrogen (secondary N) is 1. The summed E-state index contributed by atoms with van der Waals surface area (Å²) in [5.41, 5.74) is 0.685. The van der Waals surface area contributed by atoms with Crippen molar-refractivity contribution in [3.05, 3.63) is 64.2 Å². The zero-order chi connectivity index (χ0) is 20.1. The van der Waals surface area contributed by atoms with Crippen molar-refractivity contribution in [2.75, 3.05) is 32.8 Å². The number of benzene rings is 2. The Kier molecular flexibility index (Phi) is 6.86. The highest BCUT2D eigenvalue weighted by Crippen LogP contribution is 2.38. The molecule has 0 amide bonds. The number of hydrogen-bond acceptors (Lipinski definition) is 3. The molecule has 1 unspecified atom stereocenters. The molecular weight excluding hydrogens is 389 g/mol. The first-order chi connectivity index (χ1) is 13.4. The molecule has 7 heteroatoms. The summed E-state index contributed by atoms with van der Waals surface area (Å²) >= 11 is 6.40. The average Bonchev–Trinajstić information content (AvgIpc) is 2.93. The van der Waals surface area contributed by atoms with Gasteiger partial charge in [0.05, 0.1) is 18.2 Å². The van der Waals surface area contributed by atoms with Crippen molar-refractivity contribution < 1.29 is 17.9 Å². The van der Waals surface area contributed by atoms with E-state index >= 15 is 0 Å². The van der Waals surface area contributed by atoms with Crippen LogP contribution in [0.1, 0.15) is 36.1 Å². The molecule has 0 saturated carbocycles. The van der Waals surface area contributed by atoms with Crippen LogP contribution in [0.5, 0.6) is 5.75 Å². The molecule has 0 radical (unpaired) electrons. The maximum absolute atomic E-state index is 13.3. The maximum Gasteiger partial charge on any atom is 0.416 e. The van der Waals surface area contributed by atoms with Gasteiger partial charge in [-0.05, 0) is 61.3 Å². The summed E-state index contributed by atoms with van der Waals surface area (Å²) in [6.07, 6.45) is -3.49. The first-order valence-corrected chi connectivity index (χ1v) is 9.82. The minimum absolute atomic E-state index is 0.337. The third-order valence-electron chi connectivity index (χ3n) is 4.86. The predicted molar refractivity (Wildman–Crippen MR) is 105 cm³/mol. The summed E-state index contributed by atoms with van der Waals surface area (Å²) in [7, 11) is 0. The Morgan fingerprint density at radius 3 is 2.54 bits per heavy atom. The lowest BCUT2D eigenvalue weighted by Crippen LogP contribution is -2.33. The fraction of sp³-hybridized carbons (Fsp3) is 0.429. The number of nitrogens with zero attached hydrogens (tertiary/aromatic N) is 1. The fourth-order valence-electron chi connectivity index (χ4n) is 3.55. The minimum Gasteiger partial charge on any atom is -0.494 e. The second kappa shape index (κ2) is 9.16. The van der Waals surface area contributed by atoms with Gasteiger partial charge in [-0.15, -0.1) is 0 Å². The third-order valence-corrected chi connectivity index (χ3v) is 5.21. The highest BCUT2D eigenvalue weighted by atomic mass is 35.5. The third kappa shape index (κ3) is 4.99. The largest absolute Gasteiger partial charge is 0.494 e. The van der Waals surface area contributed by atoms with Crippen LogP contribution in [0.4, 0.5) is 13.2 Å². The molecule has 1 heterocycles. The zero-order valence-electron chi connectivity index (χ0n) is 15.7. The first kappa shape index (κ1) is 21.0. The van der Waals surface area contributed by atoms with Crippen molar-refractivity contribution in [1.29, 1.82) is 0 Å². The number of halogens is 4. The van der Waals surface area contributed by atoms with E-state index in [-0.39, 0.29) is 6.04 Å². The van der Waals surface area contributed by atoms with E-state index in [4.69, 9.17) is 16.3 Å². The van der Waals surface area contributed by atoms with Crippen LogP contribution in [0, 0.1) is 0 Å². The molecule has 152 valence electrons. The maximum atomic E-state index is 13.3. The molecule has 1 N–H and O–H groups in total. The van der Waals surface area contributed by atoms with E-state index in [1.165, 1.54) is 12.1 Å². The van der Waals surface area contributed by atoms with E-state index < -0.39 is 11.7 Å². The molecule has 2 aromatic rings. The van der Waals surface area contributed by atoms with Crippen LogP contribution >= 0.6 is 11.6 Å². The average molecular weight is 413 g/mol. The van der Waals surface area contributed by atoms with Crippen LogP contribution < -0.4 is 10.1 Å². The van der Waals surface area contributed by atoms with Gasteiger partial charge in [-0.25, -0.2) is 0 Å². The summed E-state index contributed by atoms with van der Waals surface area (Å²) < 4.78 is 45.5. The molecule has 2 aromatic carbocycles. The Hall–Kier alpha value is -1.76. The fourth-order valence-corrected chi connectivity index (χ4v) is 3.78. The molecule has 0 aromatic heterocycles. The summed E-state index contributed by atoms with van der Waals surface area (Å²) in [5.74, 6) is 0.734. The Bertz CT molecular complexity index is 772. The molecule has 1 atom stereocenters. The summed E-state index contributed by atoms with van der Waals surface area (Å²) in [5, 5.41) is 3.67. The van der Waals surface area contributed by atoms with E-state index in [2.05, 4.69) is 10.2 Å². The molecule has 1 fully saturated rings. The quantitative estimate of drug-likeness (QED) is 0.735. The molecule has 1 aliphatic heterocycles. The number of alkyl halides is 3. The van der Waals surface area contributed by atoms with Gasteiger partial charge in [0.1, 0.15) is 5.75 Å². The highest BCUT2D eigenvalue weighted by Gasteiger charge is 2.33. The van der Waals surface area contributed by atoms with Crippen molar-refractivity contribution in [1.82, 2.24) is 10.2 Å². The Morgan fingerprint density at radius 2 is 1.86 bits per heavy atom. The molecule has 1 saturated heterocycles. The van der Waals surface area contributed by atoms with Crippen LogP contribution in [-0.2, 0) is 6.18 Å². The molecule has 0 spiro atoms. The molecule has 3 nitrogen and oxygen atoms in total. The Morgan fingerprint density at radius 1 is 1.11 bits per heavy atom. The minimum atomic E-state index is -4.41. The van der Waals surface area contributed by atoms with Crippen molar-refractivity contribution >= 4 is 11.6 Å². The summed E-state index contributed by atoms with van der Waals surface area (Å²) in [6, 6.07) is 10.7. The number of hydrogen-bond donors (Lipinski definition) is 1. The van der Waals surface area contributed by atoms with Gasteiger partial charge < -0.3 is 10.1 Å². The van der Waals surface area contributed by atoms with Gasteiger partial charge in [-0.1, -0.05) is 23.7 Å². The smallest absolute Gasteiger partial charge is 0.416 e. The molecule has 28 heavy (non-hydrogen) atoms. The van der Waals surface area contributed by atoms with Gasteiger partial charge in [0.2, 0.25) is 0 Å². The topological polar surface area (TPSA) is 24.5 Å². The SMILES string of the molecule is CCOc1ccc(C(c2cc(C(F)(F)F)ccc2Cl)N2CCCNCC2)cc1. The summed E-state index contributed by atoms with van der Waals surface area (Å²) in [6.45, 7) is 5.64. The van der Waals surface area contributed by atoms with Gasteiger partial charge >= 0.3 is 6.18 Å². The van der Waals surface area contributed by atoms with Crippen molar-refractivity contribution in [2.45, 2.75) is 25.6 Å².